The second kappa shape index (κ2) is 6.72. The fraction of sp³-hybridized carbons (Fsp3) is 0.500. The van der Waals surface area contributed by atoms with Gasteiger partial charge in [0.2, 0.25) is 0 Å². The summed E-state index contributed by atoms with van der Waals surface area (Å²) in [6.07, 6.45) is -0.0952. The van der Waals surface area contributed by atoms with Gasteiger partial charge < -0.3 is 14.2 Å². The standard InChI is InChI=1S/C16H21N3O3S/c1-10(2)13-6-15(18-22-13)17-16(20)19-7-11(3)21-14(8-19)12-4-5-23-9-12/h4-6,9-11,14H,7-8H2,1-3H3,(H,17,18,20)/t11-,14-/m1/s1. The number of thiophene rings is 1. The number of urea groups is 1. The fourth-order valence-corrected chi connectivity index (χ4v) is 3.27. The molecule has 0 radical (unpaired) electrons. The van der Waals surface area contributed by atoms with Gasteiger partial charge in [0.25, 0.3) is 0 Å². The third kappa shape index (κ3) is 3.73. The van der Waals surface area contributed by atoms with Crippen LogP contribution < -0.4 is 5.32 Å². The van der Waals surface area contributed by atoms with Gasteiger partial charge in [-0.15, -0.1) is 0 Å². The Bertz CT molecular complexity index is 653. The lowest BCUT2D eigenvalue weighted by atomic mass is 10.1. The molecule has 124 valence electrons. The summed E-state index contributed by atoms with van der Waals surface area (Å²) >= 11 is 1.63. The summed E-state index contributed by atoms with van der Waals surface area (Å²) in [6.45, 7) is 7.09. The highest BCUT2D eigenvalue weighted by atomic mass is 32.1. The SMILES string of the molecule is CC(C)c1cc(NC(=O)N2C[C@@H](C)O[C@@H](c3ccsc3)C2)no1. The van der Waals surface area contributed by atoms with Crippen LogP contribution in [0.2, 0.25) is 0 Å². The molecule has 0 bridgehead atoms. The maximum atomic E-state index is 12.5. The van der Waals surface area contributed by atoms with Crippen molar-refractivity contribution in [2.75, 3.05) is 18.4 Å². The van der Waals surface area contributed by atoms with Gasteiger partial charge in [-0.3, -0.25) is 5.32 Å². The van der Waals surface area contributed by atoms with Crippen molar-refractivity contribution in [2.45, 2.75) is 38.9 Å². The number of amides is 2. The van der Waals surface area contributed by atoms with Crippen LogP contribution in [0.4, 0.5) is 10.6 Å². The van der Waals surface area contributed by atoms with Gasteiger partial charge in [0.15, 0.2) is 5.82 Å². The molecule has 0 unspecified atom stereocenters. The van der Waals surface area contributed by atoms with Gasteiger partial charge in [0, 0.05) is 18.5 Å². The quantitative estimate of drug-likeness (QED) is 0.925. The van der Waals surface area contributed by atoms with Crippen molar-refractivity contribution in [3.8, 4) is 0 Å². The van der Waals surface area contributed by atoms with Crippen LogP contribution >= 0.6 is 11.3 Å². The lowest BCUT2D eigenvalue weighted by molar-refractivity contribution is -0.0641. The van der Waals surface area contributed by atoms with E-state index in [2.05, 4.69) is 15.9 Å². The average molecular weight is 335 g/mol. The number of morpholine rings is 1. The zero-order valence-electron chi connectivity index (χ0n) is 13.5. The Morgan fingerprint density at radius 2 is 2.30 bits per heavy atom. The maximum Gasteiger partial charge on any atom is 0.323 e. The normalized spacial score (nSPS) is 21.7. The molecular formula is C16H21N3O3S. The van der Waals surface area contributed by atoms with Crippen LogP contribution in [0.15, 0.2) is 27.4 Å². The molecule has 2 aromatic heterocycles. The lowest BCUT2D eigenvalue weighted by Gasteiger charge is -2.36. The first kappa shape index (κ1) is 16.0. The molecule has 7 heteroatoms. The first-order valence-electron chi connectivity index (χ1n) is 7.73. The summed E-state index contributed by atoms with van der Waals surface area (Å²) in [5.41, 5.74) is 1.11. The Hall–Kier alpha value is -1.86. The molecule has 1 fully saturated rings. The number of anilines is 1. The smallest absolute Gasteiger partial charge is 0.323 e. The minimum atomic E-state index is -0.177. The van der Waals surface area contributed by atoms with E-state index in [4.69, 9.17) is 9.26 Å². The van der Waals surface area contributed by atoms with E-state index in [1.807, 2.05) is 32.2 Å². The van der Waals surface area contributed by atoms with Gasteiger partial charge in [-0.25, -0.2) is 4.79 Å². The first-order chi connectivity index (χ1) is 11.0. The molecule has 0 spiro atoms. The molecule has 23 heavy (non-hydrogen) atoms. The van der Waals surface area contributed by atoms with E-state index in [0.29, 0.717) is 18.9 Å². The number of rotatable bonds is 3. The van der Waals surface area contributed by atoms with E-state index in [9.17, 15) is 4.79 Å². The zero-order chi connectivity index (χ0) is 16.4. The summed E-state index contributed by atoms with van der Waals surface area (Å²) in [4.78, 5) is 14.3. The van der Waals surface area contributed by atoms with Crippen LogP contribution in [0.3, 0.4) is 0 Å². The first-order valence-corrected chi connectivity index (χ1v) is 8.67. The van der Waals surface area contributed by atoms with Gasteiger partial charge in [-0.2, -0.15) is 11.3 Å². The second-order valence-electron chi connectivity index (χ2n) is 6.10. The third-order valence-electron chi connectivity index (χ3n) is 3.79. The molecule has 3 rings (SSSR count). The van der Waals surface area contributed by atoms with E-state index < -0.39 is 0 Å². The van der Waals surface area contributed by atoms with E-state index in [0.717, 1.165) is 11.3 Å². The Balaban J connectivity index is 1.66. The number of hydrogen-bond donors (Lipinski definition) is 1. The molecule has 2 amide bonds. The zero-order valence-corrected chi connectivity index (χ0v) is 14.3. The minimum absolute atomic E-state index is 0.0112. The molecule has 1 saturated heterocycles. The summed E-state index contributed by atoms with van der Waals surface area (Å²) < 4.78 is 11.2. The van der Waals surface area contributed by atoms with E-state index in [1.54, 1.807) is 22.3 Å². The van der Waals surface area contributed by atoms with Crippen molar-refractivity contribution in [1.82, 2.24) is 10.1 Å². The summed E-state index contributed by atoms with van der Waals surface area (Å²) in [6, 6.07) is 3.63. The van der Waals surface area contributed by atoms with Crippen molar-refractivity contribution < 1.29 is 14.1 Å². The molecule has 3 heterocycles. The molecule has 0 aliphatic carbocycles. The Morgan fingerprint density at radius 3 is 2.96 bits per heavy atom. The summed E-state index contributed by atoms with van der Waals surface area (Å²) in [5, 5.41) is 10.8. The van der Waals surface area contributed by atoms with Crippen LogP contribution in [0.5, 0.6) is 0 Å². The molecule has 1 N–H and O–H groups in total. The molecule has 0 aromatic carbocycles. The van der Waals surface area contributed by atoms with Gasteiger partial charge in [-0.05, 0) is 29.3 Å². The number of nitrogens with one attached hydrogen (secondary N) is 1. The van der Waals surface area contributed by atoms with Gasteiger partial charge in [0.1, 0.15) is 11.9 Å². The maximum absolute atomic E-state index is 12.5. The summed E-state index contributed by atoms with van der Waals surface area (Å²) in [7, 11) is 0. The lowest BCUT2D eigenvalue weighted by Crippen LogP contribution is -2.47. The van der Waals surface area contributed by atoms with E-state index in [1.165, 1.54) is 0 Å². The number of nitrogens with zero attached hydrogens (tertiary/aromatic N) is 2. The van der Waals surface area contributed by atoms with Crippen molar-refractivity contribution in [2.24, 2.45) is 0 Å². The second-order valence-corrected chi connectivity index (χ2v) is 6.88. The van der Waals surface area contributed by atoms with Crippen molar-refractivity contribution in [3.63, 3.8) is 0 Å². The van der Waals surface area contributed by atoms with Crippen molar-refractivity contribution >= 4 is 23.2 Å². The molecule has 1 aliphatic heterocycles. The number of carbonyl (C=O) groups excluding carboxylic acids is 1. The molecule has 1 aliphatic rings. The highest BCUT2D eigenvalue weighted by Crippen LogP contribution is 2.27. The van der Waals surface area contributed by atoms with Gasteiger partial charge >= 0.3 is 6.03 Å². The largest absolute Gasteiger partial charge is 0.367 e. The van der Waals surface area contributed by atoms with Crippen LogP contribution in [-0.4, -0.2) is 35.3 Å². The highest BCUT2D eigenvalue weighted by Gasteiger charge is 2.30. The number of hydrogen-bond acceptors (Lipinski definition) is 5. The molecular weight excluding hydrogens is 314 g/mol. The van der Waals surface area contributed by atoms with E-state index >= 15 is 0 Å². The molecule has 0 saturated carbocycles. The Labute approximate surface area is 139 Å². The topological polar surface area (TPSA) is 67.6 Å². The Kier molecular flexibility index (Phi) is 4.68. The predicted molar refractivity (Wildman–Crippen MR) is 88.8 cm³/mol. The minimum Gasteiger partial charge on any atom is -0.367 e. The van der Waals surface area contributed by atoms with Crippen LogP contribution in [0.25, 0.3) is 0 Å². The predicted octanol–water partition coefficient (Wildman–Crippen LogP) is 3.85. The van der Waals surface area contributed by atoms with Crippen LogP contribution in [0, 0.1) is 0 Å². The fourth-order valence-electron chi connectivity index (χ4n) is 2.57. The highest BCUT2D eigenvalue weighted by molar-refractivity contribution is 7.07. The number of aromatic nitrogens is 1. The monoisotopic (exact) mass is 335 g/mol. The van der Waals surface area contributed by atoms with Crippen molar-refractivity contribution in [3.05, 3.63) is 34.2 Å². The van der Waals surface area contributed by atoms with Crippen LogP contribution in [-0.2, 0) is 4.74 Å². The van der Waals surface area contributed by atoms with Crippen molar-refractivity contribution in [1.29, 1.82) is 0 Å². The number of carbonyl (C=O) groups is 1. The Morgan fingerprint density at radius 1 is 1.48 bits per heavy atom. The summed E-state index contributed by atoms with van der Waals surface area (Å²) in [5.74, 6) is 1.44. The van der Waals surface area contributed by atoms with E-state index in [-0.39, 0.29) is 24.2 Å². The van der Waals surface area contributed by atoms with Gasteiger partial charge in [0.05, 0.1) is 12.6 Å². The third-order valence-corrected chi connectivity index (χ3v) is 4.50. The molecule has 2 atom stereocenters. The number of ether oxygens (including phenoxy) is 1. The molecule has 6 nitrogen and oxygen atoms in total. The van der Waals surface area contributed by atoms with Crippen LogP contribution in [0.1, 0.15) is 44.1 Å². The van der Waals surface area contributed by atoms with Gasteiger partial charge in [-0.1, -0.05) is 19.0 Å². The molecule has 2 aromatic rings. The average Bonchev–Trinajstić information content (AvgIpc) is 3.18.